The van der Waals surface area contributed by atoms with Gasteiger partial charge in [-0.2, -0.15) is 0 Å². The summed E-state index contributed by atoms with van der Waals surface area (Å²) in [5.41, 5.74) is 7.13. The molecule has 0 fully saturated rings. The molecule has 0 aromatic heterocycles. The smallest absolute Gasteiger partial charge is 0.262 e. The van der Waals surface area contributed by atoms with Gasteiger partial charge in [-0.1, -0.05) is 13.8 Å². The number of rotatable bonds is 5. The van der Waals surface area contributed by atoms with Crippen molar-refractivity contribution in [2.45, 2.75) is 66.2 Å². The minimum atomic E-state index is -3.74. The van der Waals surface area contributed by atoms with Crippen LogP contribution in [0.1, 0.15) is 53.6 Å². The van der Waals surface area contributed by atoms with Gasteiger partial charge >= 0.3 is 0 Å². The normalized spacial score (nSPS) is 14.3. The molecule has 2 aromatic rings. The summed E-state index contributed by atoms with van der Waals surface area (Å²) in [4.78, 5) is 14.6. The van der Waals surface area contributed by atoms with E-state index in [9.17, 15) is 13.2 Å². The molecule has 0 atom stereocenters. The van der Waals surface area contributed by atoms with Crippen molar-refractivity contribution in [1.29, 1.82) is 0 Å². The number of hydrogen-bond acceptors (Lipinski definition) is 3. The molecule has 0 saturated carbocycles. The monoisotopic (exact) mass is 428 g/mol. The van der Waals surface area contributed by atoms with E-state index >= 15 is 0 Å². The van der Waals surface area contributed by atoms with Crippen LogP contribution in [0.3, 0.4) is 0 Å². The maximum absolute atomic E-state index is 13.3. The summed E-state index contributed by atoms with van der Waals surface area (Å²) in [6, 6.07) is 5.48. The summed E-state index contributed by atoms with van der Waals surface area (Å²) in [6.45, 7) is 14.5. The van der Waals surface area contributed by atoms with Crippen molar-refractivity contribution in [2.24, 2.45) is 5.92 Å². The number of sulfonamides is 1. The molecule has 30 heavy (non-hydrogen) atoms. The van der Waals surface area contributed by atoms with Crippen LogP contribution in [0.15, 0.2) is 23.1 Å². The summed E-state index contributed by atoms with van der Waals surface area (Å²) in [7, 11) is -3.74. The van der Waals surface area contributed by atoms with Gasteiger partial charge in [0.2, 0.25) is 5.91 Å². The molecule has 0 radical (unpaired) electrons. The summed E-state index contributed by atoms with van der Waals surface area (Å²) in [5.74, 6) is 0.485. The zero-order valence-corrected chi connectivity index (χ0v) is 19.8. The van der Waals surface area contributed by atoms with E-state index in [0.717, 1.165) is 39.1 Å². The van der Waals surface area contributed by atoms with Crippen molar-refractivity contribution in [3.8, 4) is 0 Å². The minimum Gasteiger partial charge on any atom is -0.312 e. The summed E-state index contributed by atoms with van der Waals surface area (Å²) in [6.07, 6.45) is 1.07. The van der Waals surface area contributed by atoms with Gasteiger partial charge in [0.15, 0.2) is 0 Å². The van der Waals surface area contributed by atoms with Crippen LogP contribution in [0.4, 0.5) is 11.4 Å². The quantitative estimate of drug-likeness (QED) is 0.731. The number of nitrogens with zero attached hydrogens (tertiary/aromatic N) is 1. The second-order valence-corrected chi connectivity index (χ2v) is 10.4. The fraction of sp³-hybridized carbons (Fsp3) is 0.458. The average molecular weight is 429 g/mol. The molecule has 0 unspecified atom stereocenters. The first-order chi connectivity index (χ1) is 13.9. The van der Waals surface area contributed by atoms with Gasteiger partial charge in [0, 0.05) is 24.3 Å². The first-order valence-electron chi connectivity index (χ1n) is 10.5. The topological polar surface area (TPSA) is 66.5 Å². The van der Waals surface area contributed by atoms with Crippen LogP contribution in [0.5, 0.6) is 0 Å². The SMILES string of the molecule is Cc1c(C)c(C)c(S(=O)(=O)Nc2ccc3c(c2)CCC(=O)N3CC(C)C)c(C)c1C. The molecule has 1 aliphatic heterocycles. The van der Waals surface area contributed by atoms with Gasteiger partial charge in [0.25, 0.3) is 10.0 Å². The highest BCUT2D eigenvalue weighted by atomic mass is 32.2. The zero-order chi connectivity index (χ0) is 22.4. The largest absolute Gasteiger partial charge is 0.312 e. The number of fused-ring (bicyclic) bond motifs is 1. The molecular weight excluding hydrogens is 396 g/mol. The molecule has 0 spiro atoms. The Bertz CT molecular complexity index is 1090. The lowest BCUT2D eigenvalue weighted by molar-refractivity contribution is -0.119. The Hall–Kier alpha value is -2.34. The molecule has 5 nitrogen and oxygen atoms in total. The highest BCUT2D eigenvalue weighted by Crippen LogP contribution is 2.34. The summed E-state index contributed by atoms with van der Waals surface area (Å²) < 4.78 is 29.4. The number of benzene rings is 2. The molecule has 1 amide bonds. The number of amides is 1. The van der Waals surface area contributed by atoms with Crippen LogP contribution in [-0.2, 0) is 21.2 Å². The Kier molecular flexibility index (Phi) is 6.01. The van der Waals surface area contributed by atoms with E-state index in [4.69, 9.17) is 0 Å². The minimum absolute atomic E-state index is 0.126. The van der Waals surface area contributed by atoms with Crippen molar-refractivity contribution in [3.05, 3.63) is 51.6 Å². The third kappa shape index (κ3) is 3.97. The second kappa shape index (κ2) is 8.06. The number of nitrogens with one attached hydrogen (secondary N) is 1. The van der Waals surface area contributed by atoms with E-state index in [1.807, 2.05) is 51.7 Å². The lowest BCUT2D eigenvalue weighted by Crippen LogP contribution is -2.37. The molecule has 1 aliphatic rings. The van der Waals surface area contributed by atoms with Crippen molar-refractivity contribution < 1.29 is 13.2 Å². The summed E-state index contributed by atoms with van der Waals surface area (Å²) in [5, 5.41) is 0. The van der Waals surface area contributed by atoms with E-state index in [1.54, 1.807) is 6.07 Å². The van der Waals surface area contributed by atoms with E-state index in [-0.39, 0.29) is 5.91 Å². The van der Waals surface area contributed by atoms with E-state index in [0.29, 0.717) is 35.9 Å². The predicted octanol–water partition coefficient (Wildman–Crippen LogP) is 4.96. The van der Waals surface area contributed by atoms with Crippen LogP contribution in [0.2, 0.25) is 0 Å². The number of aryl methyl sites for hydroxylation is 1. The van der Waals surface area contributed by atoms with E-state index in [2.05, 4.69) is 18.6 Å². The Morgan fingerprint density at radius 3 is 2.07 bits per heavy atom. The van der Waals surface area contributed by atoms with Gasteiger partial charge in [-0.3, -0.25) is 9.52 Å². The molecule has 0 aliphatic carbocycles. The number of hydrogen-bond donors (Lipinski definition) is 1. The number of carbonyl (C=O) groups is 1. The summed E-state index contributed by atoms with van der Waals surface area (Å²) >= 11 is 0. The van der Waals surface area contributed by atoms with Gasteiger partial charge in [-0.05, 0) is 98.5 Å². The molecule has 2 aromatic carbocycles. The Morgan fingerprint density at radius 2 is 1.50 bits per heavy atom. The molecule has 0 saturated heterocycles. The first-order valence-corrected chi connectivity index (χ1v) is 12.0. The van der Waals surface area contributed by atoms with Gasteiger partial charge in [-0.15, -0.1) is 0 Å². The molecule has 6 heteroatoms. The second-order valence-electron chi connectivity index (χ2n) is 8.80. The zero-order valence-electron chi connectivity index (χ0n) is 19.0. The third-order valence-corrected chi connectivity index (χ3v) is 7.93. The maximum atomic E-state index is 13.3. The number of carbonyl (C=O) groups excluding carboxylic acids is 1. The van der Waals surface area contributed by atoms with Crippen LogP contribution in [0.25, 0.3) is 0 Å². The van der Waals surface area contributed by atoms with Crippen LogP contribution >= 0.6 is 0 Å². The molecule has 0 bridgehead atoms. The van der Waals surface area contributed by atoms with Crippen LogP contribution in [-0.4, -0.2) is 20.9 Å². The van der Waals surface area contributed by atoms with E-state index < -0.39 is 10.0 Å². The van der Waals surface area contributed by atoms with Gasteiger partial charge in [0.05, 0.1) is 4.90 Å². The van der Waals surface area contributed by atoms with Crippen molar-refractivity contribution in [2.75, 3.05) is 16.2 Å². The number of anilines is 2. The standard InChI is InChI=1S/C24H32N2O3S/c1-14(2)13-26-22-10-9-21(12-20(22)8-11-23(26)27)25-30(28,29)24-18(6)16(4)15(3)17(5)19(24)7/h9-10,12,14,25H,8,11,13H2,1-7H3. The van der Waals surface area contributed by atoms with Crippen LogP contribution < -0.4 is 9.62 Å². The van der Waals surface area contributed by atoms with Crippen molar-refractivity contribution in [1.82, 2.24) is 0 Å². The lowest BCUT2D eigenvalue weighted by Gasteiger charge is -2.31. The lowest BCUT2D eigenvalue weighted by atomic mass is 9.95. The third-order valence-electron chi connectivity index (χ3n) is 6.28. The van der Waals surface area contributed by atoms with Crippen molar-refractivity contribution in [3.63, 3.8) is 0 Å². The van der Waals surface area contributed by atoms with Gasteiger partial charge in [-0.25, -0.2) is 8.42 Å². The predicted molar refractivity (Wildman–Crippen MR) is 123 cm³/mol. The average Bonchev–Trinajstić information content (AvgIpc) is 2.66. The highest BCUT2D eigenvalue weighted by Gasteiger charge is 2.27. The highest BCUT2D eigenvalue weighted by molar-refractivity contribution is 7.92. The van der Waals surface area contributed by atoms with Crippen molar-refractivity contribution >= 4 is 27.3 Å². The molecular formula is C24H32N2O3S. The molecule has 3 rings (SSSR count). The molecule has 162 valence electrons. The Morgan fingerprint density at radius 1 is 0.933 bits per heavy atom. The fourth-order valence-electron chi connectivity index (χ4n) is 4.26. The Balaban J connectivity index is 1.99. The fourth-order valence-corrected chi connectivity index (χ4v) is 5.92. The van der Waals surface area contributed by atoms with Crippen LogP contribution in [0, 0.1) is 40.5 Å². The Labute approximate surface area is 180 Å². The van der Waals surface area contributed by atoms with E-state index in [1.165, 1.54) is 0 Å². The maximum Gasteiger partial charge on any atom is 0.262 e. The van der Waals surface area contributed by atoms with Gasteiger partial charge < -0.3 is 4.90 Å². The first kappa shape index (κ1) is 22.3. The molecule has 1 N–H and O–H groups in total. The van der Waals surface area contributed by atoms with Gasteiger partial charge in [0.1, 0.15) is 0 Å². The molecule has 1 heterocycles.